The molecule has 2 amide bonds. The average Bonchev–Trinajstić information content (AvgIpc) is 2.92. The molecule has 0 unspecified atom stereocenters. The number of aryl methyl sites for hydroxylation is 1. The van der Waals surface area contributed by atoms with E-state index in [1.165, 1.54) is 0 Å². The van der Waals surface area contributed by atoms with Gasteiger partial charge in [-0.25, -0.2) is 9.78 Å². The second kappa shape index (κ2) is 7.97. The van der Waals surface area contributed by atoms with Crippen LogP contribution in [0.15, 0.2) is 29.6 Å². The topological polar surface area (TPSA) is 54.5 Å². The third-order valence-electron chi connectivity index (χ3n) is 3.41. The van der Waals surface area contributed by atoms with Crippen molar-refractivity contribution in [2.24, 2.45) is 0 Å². The van der Waals surface area contributed by atoms with E-state index in [0.717, 1.165) is 28.6 Å². The summed E-state index contributed by atoms with van der Waals surface area (Å²) in [6.07, 6.45) is 1.09. The molecule has 0 fully saturated rings. The van der Waals surface area contributed by atoms with Gasteiger partial charge in [-0.05, 0) is 32.4 Å². The van der Waals surface area contributed by atoms with E-state index in [1.807, 2.05) is 43.5 Å². The first-order valence-electron chi connectivity index (χ1n) is 7.67. The number of thiazole rings is 1. The highest BCUT2D eigenvalue weighted by Gasteiger charge is 2.11. The molecule has 1 heterocycles. The molecule has 0 radical (unpaired) electrons. The number of carbonyl (C=O) groups excluding carboxylic acids is 1. The number of hydrogen-bond donors (Lipinski definition) is 1. The molecule has 0 aliphatic rings. The van der Waals surface area contributed by atoms with E-state index in [-0.39, 0.29) is 12.1 Å². The van der Waals surface area contributed by atoms with Gasteiger partial charge in [-0.2, -0.15) is 0 Å². The number of carbonyl (C=O) groups is 1. The zero-order chi connectivity index (χ0) is 16.8. The quantitative estimate of drug-likeness (QED) is 0.858. The van der Waals surface area contributed by atoms with Gasteiger partial charge in [-0.1, -0.05) is 13.0 Å². The van der Waals surface area contributed by atoms with Crippen LogP contribution in [0.1, 0.15) is 31.0 Å². The Bertz CT molecular complexity index is 657. The first-order chi connectivity index (χ1) is 11.0. The third kappa shape index (κ3) is 5.25. The lowest BCUT2D eigenvalue weighted by atomic mass is 10.3. The summed E-state index contributed by atoms with van der Waals surface area (Å²) in [4.78, 5) is 18.2. The number of aromatic nitrogens is 1. The fourth-order valence-corrected chi connectivity index (χ4v) is 2.58. The van der Waals surface area contributed by atoms with Crippen molar-refractivity contribution in [2.75, 3.05) is 12.4 Å². The van der Waals surface area contributed by atoms with Gasteiger partial charge in [0.2, 0.25) is 0 Å². The minimum atomic E-state index is -0.170. The molecule has 23 heavy (non-hydrogen) atoms. The number of rotatable bonds is 6. The smallest absolute Gasteiger partial charge is 0.321 e. The summed E-state index contributed by atoms with van der Waals surface area (Å²) in [6.45, 7) is 6.54. The van der Waals surface area contributed by atoms with Gasteiger partial charge in [-0.15, -0.1) is 11.3 Å². The molecule has 2 aromatic rings. The van der Waals surface area contributed by atoms with Gasteiger partial charge >= 0.3 is 6.03 Å². The van der Waals surface area contributed by atoms with Crippen LogP contribution in [-0.4, -0.2) is 29.1 Å². The molecule has 1 aromatic heterocycles. The summed E-state index contributed by atoms with van der Waals surface area (Å²) in [7, 11) is 1.75. The van der Waals surface area contributed by atoms with Crippen LogP contribution in [-0.2, 0) is 6.54 Å². The van der Waals surface area contributed by atoms with E-state index < -0.39 is 0 Å². The lowest BCUT2D eigenvalue weighted by Crippen LogP contribution is -2.30. The molecule has 5 nitrogen and oxygen atoms in total. The van der Waals surface area contributed by atoms with E-state index in [0.29, 0.717) is 6.54 Å². The molecule has 1 N–H and O–H groups in total. The summed E-state index contributed by atoms with van der Waals surface area (Å²) in [5.74, 6) is 0.759. The maximum absolute atomic E-state index is 12.3. The Labute approximate surface area is 141 Å². The van der Waals surface area contributed by atoms with Crippen molar-refractivity contribution in [1.29, 1.82) is 0 Å². The Balaban J connectivity index is 1.95. The molecule has 1 aromatic carbocycles. The van der Waals surface area contributed by atoms with Crippen LogP contribution in [0.5, 0.6) is 5.75 Å². The number of amides is 2. The number of nitrogens with one attached hydrogen (secondary N) is 1. The number of anilines is 1. The van der Waals surface area contributed by atoms with E-state index in [9.17, 15) is 4.79 Å². The maximum Gasteiger partial charge on any atom is 0.321 e. The van der Waals surface area contributed by atoms with Gasteiger partial charge in [0.05, 0.1) is 23.4 Å². The van der Waals surface area contributed by atoms with Crippen LogP contribution < -0.4 is 10.1 Å². The average molecular weight is 333 g/mol. The molecule has 2 rings (SSSR count). The largest absolute Gasteiger partial charge is 0.491 e. The molecule has 0 aliphatic heterocycles. The molecule has 0 saturated carbocycles. The van der Waals surface area contributed by atoms with Crippen LogP contribution in [0.3, 0.4) is 0 Å². The maximum atomic E-state index is 12.3. The summed E-state index contributed by atoms with van der Waals surface area (Å²) < 4.78 is 5.77. The number of ether oxygens (including phenoxy) is 1. The van der Waals surface area contributed by atoms with Gasteiger partial charge in [0.25, 0.3) is 0 Å². The molecular weight excluding hydrogens is 310 g/mol. The fraction of sp³-hybridized carbons (Fsp3) is 0.412. The second-order valence-corrected chi connectivity index (χ2v) is 6.57. The van der Waals surface area contributed by atoms with Crippen molar-refractivity contribution >= 4 is 23.1 Å². The van der Waals surface area contributed by atoms with Crippen molar-refractivity contribution in [1.82, 2.24) is 9.88 Å². The first kappa shape index (κ1) is 17.3. The molecule has 0 saturated heterocycles. The predicted molar refractivity (Wildman–Crippen MR) is 94.2 cm³/mol. The van der Waals surface area contributed by atoms with Crippen molar-refractivity contribution in [3.63, 3.8) is 0 Å². The number of benzene rings is 1. The summed E-state index contributed by atoms with van der Waals surface area (Å²) >= 11 is 1.59. The summed E-state index contributed by atoms with van der Waals surface area (Å²) in [6, 6.07) is 7.28. The van der Waals surface area contributed by atoms with Crippen LogP contribution >= 0.6 is 11.3 Å². The van der Waals surface area contributed by atoms with Gasteiger partial charge in [0, 0.05) is 24.2 Å². The Morgan fingerprint density at radius 3 is 2.91 bits per heavy atom. The normalized spacial score (nSPS) is 11.8. The van der Waals surface area contributed by atoms with Gasteiger partial charge in [-0.3, -0.25) is 0 Å². The first-order valence-corrected chi connectivity index (χ1v) is 8.55. The van der Waals surface area contributed by atoms with Crippen LogP contribution in [0.2, 0.25) is 0 Å². The zero-order valence-corrected chi connectivity index (χ0v) is 14.8. The van der Waals surface area contributed by atoms with E-state index >= 15 is 0 Å². The molecule has 0 bridgehead atoms. The molecular formula is C17H23N3O2S. The molecule has 6 heteroatoms. The number of urea groups is 1. The monoisotopic (exact) mass is 333 g/mol. The molecule has 0 aliphatic carbocycles. The standard InChI is InChI=1S/C17H23N3O2S/c1-5-12(2)22-16-8-6-7-14(9-16)19-17(21)20(4)10-15-11-23-13(3)18-15/h6-9,11-12H,5,10H2,1-4H3,(H,19,21)/t12-/m1/s1. The SMILES string of the molecule is CC[C@@H](C)Oc1cccc(NC(=O)N(C)Cc2csc(C)n2)c1. The molecule has 124 valence electrons. The number of hydrogen-bond acceptors (Lipinski definition) is 4. The lowest BCUT2D eigenvalue weighted by Gasteiger charge is -2.18. The van der Waals surface area contributed by atoms with E-state index in [1.54, 1.807) is 23.3 Å². The predicted octanol–water partition coefficient (Wildman–Crippen LogP) is 4.29. The zero-order valence-electron chi connectivity index (χ0n) is 14.0. The summed E-state index contributed by atoms with van der Waals surface area (Å²) in [5.41, 5.74) is 1.62. The Kier molecular flexibility index (Phi) is 5.98. The van der Waals surface area contributed by atoms with Crippen molar-refractivity contribution < 1.29 is 9.53 Å². The number of nitrogens with zero attached hydrogens (tertiary/aromatic N) is 2. The van der Waals surface area contributed by atoms with Crippen molar-refractivity contribution in [3.05, 3.63) is 40.3 Å². The van der Waals surface area contributed by atoms with Crippen molar-refractivity contribution in [3.8, 4) is 5.75 Å². The second-order valence-electron chi connectivity index (χ2n) is 5.51. The van der Waals surface area contributed by atoms with Gasteiger partial charge < -0.3 is 15.0 Å². The molecule has 1 atom stereocenters. The van der Waals surface area contributed by atoms with Crippen molar-refractivity contribution in [2.45, 2.75) is 39.8 Å². The van der Waals surface area contributed by atoms with Crippen LogP contribution in [0.25, 0.3) is 0 Å². The highest BCUT2D eigenvalue weighted by atomic mass is 32.1. The highest BCUT2D eigenvalue weighted by Crippen LogP contribution is 2.20. The Hall–Kier alpha value is -2.08. The highest BCUT2D eigenvalue weighted by molar-refractivity contribution is 7.09. The Morgan fingerprint density at radius 1 is 1.48 bits per heavy atom. The van der Waals surface area contributed by atoms with Crippen LogP contribution in [0.4, 0.5) is 10.5 Å². The lowest BCUT2D eigenvalue weighted by molar-refractivity contribution is 0.217. The van der Waals surface area contributed by atoms with Gasteiger partial charge in [0.15, 0.2) is 0 Å². The fourth-order valence-electron chi connectivity index (χ4n) is 1.98. The summed E-state index contributed by atoms with van der Waals surface area (Å²) in [5, 5.41) is 5.86. The third-order valence-corrected chi connectivity index (χ3v) is 4.23. The minimum absolute atomic E-state index is 0.150. The van der Waals surface area contributed by atoms with Gasteiger partial charge in [0.1, 0.15) is 5.75 Å². The molecule has 0 spiro atoms. The van der Waals surface area contributed by atoms with Crippen LogP contribution in [0, 0.1) is 6.92 Å². The Morgan fingerprint density at radius 2 is 2.26 bits per heavy atom. The van der Waals surface area contributed by atoms with E-state index in [4.69, 9.17) is 4.74 Å². The minimum Gasteiger partial charge on any atom is -0.491 e. The van der Waals surface area contributed by atoms with E-state index in [2.05, 4.69) is 17.2 Å².